The van der Waals surface area contributed by atoms with Gasteiger partial charge < -0.3 is 5.32 Å². The Hall–Kier alpha value is -2.64. The van der Waals surface area contributed by atoms with E-state index in [4.69, 9.17) is 0 Å². The molecule has 24 heavy (non-hydrogen) atoms. The molecule has 0 amide bonds. The van der Waals surface area contributed by atoms with Gasteiger partial charge in [0, 0.05) is 11.6 Å². The number of nitrogens with one attached hydrogen (secondary N) is 1. The van der Waals surface area contributed by atoms with Gasteiger partial charge in [-0.15, -0.1) is 21.5 Å². The molecule has 0 aliphatic heterocycles. The minimum Gasteiger partial charge on any atom is -0.315 e. The molecule has 3 heterocycles. The second kappa shape index (κ2) is 6.46. The molecule has 0 spiro atoms. The van der Waals surface area contributed by atoms with Crippen molar-refractivity contribution in [3.05, 3.63) is 59.7 Å². The van der Waals surface area contributed by atoms with Gasteiger partial charge in [-0.2, -0.15) is 0 Å². The Kier molecular flexibility index (Phi) is 4.02. The van der Waals surface area contributed by atoms with Crippen molar-refractivity contribution >= 4 is 33.6 Å². The monoisotopic (exact) mass is 351 g/mol. The predicted molar refractivity (Wildman–Crippen MR) is 98.7 cm³/mol. The molecule has 0 unspecified atom stereocenters. The van der Waals surface area contributed by atoms with Crippen LogP contribution in [0.25, 0.3) is 21.1 Å². The zero-order valence-electron chi connectivity index (χ0n) is 12.8. The van der Waals surface area contributed by atoms with E-state index in [1.807, 2.05) is 60.8 Å². The zero-order valence-corrected chi connectivity index (χ0v) is 14.4. The molecule has 0 saturated heterocycles. The fourth-order valence-electron chi connectivity index (χ4n) is 2.27. The first kappa shape index (κ1) is 14.9. The van der Waals surface area contributed by atoms with Gasteiger partial charge in [0.1, 0.15) is 11.6 Å². The minimum absolute atomic E-state index is 0.710. The van der Waals surface area contributed by atoms with Crippen molar-refractivity contribution in [1.82, 2.24) is 20.2 Å². The molecular formula is C17H13N5S2. The first-order valence-corrected chi connectivity index (χ1v) is 9.03. The fraction of sp³-hybridized carbons (Fsp3) is 0.0588. The third-order valence-corrected chi connectivity index (χ3v) is 5.18. The van der Waals surface area contributed by atoms with E-state index in [1.165, 1.54) is 11.3 Å². The summed E-state index contributed by atoms with van der Waals surface area (Å²) in [5, 5.41) is 15.3. The van der Waals surface area contributed by atoms with Crippen molar-refractivity contribution < 1.29 is 0 Å². The molecule has 5 nitrogen and oxygen atoms in total. The van der Waals surface area contributed by atoms with Crippen LogP contribution < -0.4 is 5.32 Å². The second-order valence-electron chi connectivity index (χ2n) is 5.07. The van der Waals surface area contributed by atoms with Gasteiger partial charge in [0.15, 0.2) is 5.01 Å². The van der Waals surface area contributed by atoms with E-state index in [0.29, 0.717) is 5.82 Å². The molecule has 118 valence electrons. The lowest BCUT2D eigenvalue weighted by Gasteiger charge is -2.06. The van der Waals surface area contributed by atoms with Crippen LogP contribution in [-0.2, 0) is 0 Å². The van der Waals surface area contributed by atoms with Gasteiger partial charge in [0.05, 0.1) is 10.6 Å². The van der Waals surface area contributed by atoms with E-state index in [1.54, 1.807) is 11.3 Å². The zero-order chi connectivity index (χ0) is 16.4. The molecule has 0 radical (unpaired) electrons. The lowest BCUT2D eigenvalue weighted by atomic mass is 10.1. The maximum absolute atomic E-state index is 4.51. The van der Waals surface area contributed by atoms with Crippen LogP contribution in [0.1, 0.15) is 5.82 Å². The highest BCUT2D eigenvalue weighted by Gasteiger charge is 2.10. The molecule has 0 bridgehead atoms. The number of hydrogen-bond acceptors (Lipinski definition) is 7. The summed E-state index contributed by atoms with van der Waals surface area (Å²) in [6, 6.07) is 16.0. The highest BCUT2D eigenvalue weighted by molar-refractivity contribution is 7.22. The Morgan fingerprint density at radius 3 is 2.62 bits per heavy atom. The van der Waals surface area contributed by atoms with Crippen LogP contribution in [0.4, 0.5) is 10.9 Å². The normalized spacial score (nSPS) is 10.7. The number of rotatable bonds is 4. The highest BCUT2D eigenvalue weighted by atomic mass is 32.1. The van der Waals surface area contributed by atoms with Crippen LogP contribution in [0, 0.1) is 6.92 Å². The van der Waals surface area contributed by atoms with Crippen molar-refractivity contribution in [2.24, 2.45) is 0 Å². The van der Waals surface area contributed by atoms with Gasteiger partial charge in [-0.05, 0) is 18.4 Å². The van der Waals surface area contributed by atoms with Crippen LogP contribution in [0.5, 0.6) is 0 Å². The maximum atomic E-state index is 4.51. The van der Waals surface area contributed by atoms with Gasteiger partial charge in [-0.1, -0.05) is 47.7 Å². The van der Waals surface area contributed by atoms with Crippen LogP contribution in [-0.4, -0.2) is 20.2 Å². The lowest BCUT2D eigenvalue weighted by Crippen LogP contribution is -1.98. The number of benzene rings is 1. The number of aromatic nitrogens is 4. The van der Waals surface area contributed by atoms with Crippen molar-refractivity contribution in [2.45, 2.75) is 6.92 Å². The lowest BCUT2D eigenvalue weighted by molar-refractivity contribution is 1.05. The topological polar surface area (TPSA) is 63.6 Å². The molecule has 0 aliphatic rings. The van der Waals surface area contributed by atoms with Crippen LogP contribution in [0.15, 0.2) is 53.9 Å². The third-order valence-electron chi connectivity index (χ3n) is 3.30. The van der Waals surface area contributed by atoms with Gasteiger partial charge in [0.2, 0.25) is 5.13 Å². The smallest absolute Gasteiger partial charge is 0.211 e. The largest absolute Gasteiger partial charge is 0.315 e. The van der Waals surface area contributed by atoms with Crippen molar-refractivity contribution in [1.29, 1.82) is 0 Å². The van der Waals surface area contributed by atoms with E-state index in [0.717, 1.165) is 32.1 Å². The molecular weight excluding hydrogens is 338 g/mol. The molecule has 0 aliphatic carbocycles. The molecule has 1 N–H and O–H groups in total. The van der Waals surface area contributed by atoms with E-state index >= 15 is 0 Å². The molecule has 0 saturated carbocycles. The highest BCUT2D eigenvalue weighted by Crippen LogP contribution is 2.31. The van der Waals surface area contributed by atoms with Gasteiger partial charge in [0.25, 0.3) is 0 Å². The van der Waals surface area contributed by atoms with Crippen molar-refractivity contribution in [3.8, 4) is 21.1 Å². The number of nitrogens with zero attached hydrogens (tertiary/aromatic N) is 4. The van der Waals surface area contributed by atoms with Crippen molar-refractivity contribution in [3.63, 3.8) is 0 Å². The molecule has 4 rings (SSSR count). The molecule has 3 aromatic heterocycles. The van der Waals surface area contributed by atoms with Crippen LogP contribution in [0.3, 0.4) is 0 Å². The Bertz CT molecular complexity index is 948. The Balaban J connectivity index is 1.62. The number of anilines is 2. The van der Waals surface area contributed by atoms with Crippen LogP contribution >= 0.6 is 22.7 Å². The Morgan fingerprint density at radius 2 is 1.83 bits per heavy atom. The van der Waals surface area contributed by atoms with Gasteiger partial charge in [-0.25, -0.2) is 9.97 Å². The summed E-state index contributed by atoms with van der Waals surface area (Å²) in [4.78, 5) is 10.1. The molecule has 0 atom stereocenters. The van der Waals surface area contributed by atoms with E-state index in [2.05, 4.69) is 25.5 Å². The Morgan fingerprint density at radius 1 is 0.958 bits per heavy atom. The first-order chi connectivity index (χ1) is 11.8. The summed E-state index contributed by atoms with van der Waals surface area (Å²) in [5.41, 5.74) is 1.94. The number of aryl methyl sites for hydroxylation is 1. The second-order valence-corrected chi connectivity index (χ2v) is 6.99. The van der Waals surface area contributed by atoms with Gasteiger partial charge in [-0.3, -0.25) is 0 Å². The summed E-state index contributed by atoms with van der Waals surface area (Å²) in [6.45, 7) is 1.88. The summed E-state index contributed by atoms with van der Waals surface area (Å²) in [6.07, 6.45) is 0. The summed E-state index contributed by atoms with van der Waals surface area (Å²) in [5.74, 6) is 1.43. The standard InChI is InChI=1S/C17H13N5S2/c1-11-18-13(12-6-3-2-4-7-12)10-15(19-11)20-17-22-21-16(24-17)14-8-5-9-23-14/h2-10H,1H3,(H,18,19,20,22). The minimum atomic E-state index is 0.710. The van der Waals surface area contributed by atoms with Crippen LogP contribution in [0.2, 0.25) is 0 Å². The predicted octanol–water partition coefficient (Wildman–Crippen LogP) is 4.78. The quantitative estimate of drug-likeness (QED) is 0.573. The van der Waals surface area contributed by atoms with E-state index in [-0.39, 0.29) is 0 Å². The average Bonchev–Trinajstić information content (AvgIpc) is 3.26. The maximum Gasteiger partial charge on any atom is 0.211 e. The molecule has 1 aromatic carbocycles. The fourth-order valence-corrected chi connectivity index (χ4v) is 3.81. The van der Waals surface area contributed by atoms with E-state index < -0.39 is 0 Å². The number of thiophene rings is 1. The number of hydrogen-bond donors (Lipinski definition) is 1. The average molecular weight is 351 g/mol. The SMILES string of the molecule is Cc1nc(Nc2nnc(-c3cccs3)s2)cc(-c2ccccc2)n1. The molecule has 4 aromatic rings. The van der Waals surface area contributed by atoms with E-state index in [9.17, 15) is 0 Å². The summed E-state index contributed by atoms with van der Waals surface area (Å²) >= 11 is 3.16. The first-order valence-electron chi connectivity index (χ1n) is 7.33. The molecule has 7 heteroatoms. The molecule has 0 fully saturated rings. The summed E-state index contributed by atoms with van der Waals surface area (Å²) in [7, 11) is 0. The third kappa shape index (κ3) is 3.17. The Labute approximate surface area is 147 Å². The van der Waals surface area contributed by atoms with Crippen molar-refractivity contribution in [2.75, 3.05) is 5.32 Å². The summed E-state index contributed by atoms with van der Waals surface area (Å²) < 4.78 is 0. The van der Waals surface area contributed by atoms with Gasteiger partial charge >= 0.3 is 0 Å².